The van der Waals surface area contributed by atoms with Crippen LogP contribution in [0.15, 0.2) is 48.9 Å². The van der Waals surface area contributed by atoms with Crippen molar-refractivity contribution in [1.29, 1.82) is 0 Å². The number of carbonyl (C=O) groups excluding carboxylic acids is 2. The molecule has 0 radical (unpaired) electrons. The van der Waals surface area contributed by atoms with Crippen LogP contribution >= 0.6 is 0 Å². The van der Waals surface area contributed by atoms with Crippen molar-refractivity contribution < 1.29 is 9.59 Å². The van der Waals surface area contributed by atoms with E-state index in [0.29, 0.717) is 12.1 Å². The van der Waals surface area contributed by atoms with Crippen molar-refractivity contribution in [2.45, 2.75) is 19.8 Å². The van der Waals surface area contributed by atoms with Gasteiger partial charge in [-0.3, -0.25) is 9.59 Å². The number of likely N-dealkylation sites (N-methyl/N-ethyl adjacent to an activating group) is 1. The van der Waals surface area contributed by atoms with Crippen LogP contribution in [0.5, 0.6) is 0 Å². The molecule has 7 heteroatoms. The van der Waals surface area contributed by atoms with Crippen molar-refractivity contribution >= 4 is 17.5 Å². The van der Waals surface area contributed by atoms with Gasteiger partial charge in [-0.15, -0.1) is 0 Å². The van der Waals surface area contributed by atoms with E-state index in [-0.39, 0.29) is 18.4 Å². The van der Waals surface area contributed by atoms with Crippen molar-refractivity contribution in [3.63, 3.8) is 0 Å². The van der Waals surface area contributed by atoms with Crippen LogP contribution < -0.4 is 5.32 Å². The SMILES string of the molecule is CCCCNC(=O)CN(C)C(=O)c1cccc(-c2cnn3cccnc23)c1. The number of amides is 2. The summed E-state index contributed by atoms with van der Waals surface area (Å²) in [5, 5.41) is 7.11. The van der Waals surface area contributed by atoms with Gasteiger partial charge in [0.2, 0.25) is 5.91 Å². The summed E-state index contributed by atoms with van der Waals surface area (Å²) < 4.78 is 1.69. The Kier molecular flexibility index (Phi) is 5.80. The molecule has 0 saturated heterocycles. The van der Waals surface area contributed by atoms with Crippen LogP contribution in [0, 0.1) is 0 Å². The molecule has 0 bridgehead atoms. The van der Waals surface area contributed by atoms with E-state index in [1.807, 2.05) is 24.4 Å². The van der Waals surface area contributed by atoms with Gasteiger partial charge >= 0.3 is 0 Å². The summed E-state index contributed by atoms with van der Waals surface area (Å²) in [4.78, 5) is 30.4. The van der Waals surface area contributed by atoms with E-state index in [9.17, 15) is 9.59 Å². The summed E-state index contributed by atoms with van der Waals surface area (Å²) in [5.74, 6) is -0.353. The average Bonchev–Trinajstić information content (AvgIpc) is 3.12. The lowest BCUT2D eigenvalue weighted by Gasteiger charge is -2.17. The number of hydrogen-bond acceptors (Lipinski definition) is 4. The number of nitrogens with zero attached hydrogens (tertiary/aromatic N) is 4. The Labute approximate surface area is 158 Å². The number of hydrogen-bond donors (Lipinski definition) is 1. The fourth-order valence-corrected chi connectivity index (χ4v) is 2.82. The third kappa shape index (κ3) is 4.31. The minimum Gasteiger partial charge on any atom is -0.355 e. The molecule has 1 aromatic carbocycles. The molecule has 2 heterocycles. The van der Waals surface area contributed by atoms with E-state index >= 15 is 0 Å². The fourth-order valence-electron chi connectivity index (χ4n) is 2.82. The second-order valence-electron chi connectivity index (χ2n) is 6.39. The van der Waals surface area contributed by atoms with Crippen molar-refractivity contribution in [3.05, 3.63) is 54.5 Å². The molecule has 3 aromatic rings. The number of nitrogens with one attached hydrogen (secondary N) is 1. The molecule has 2 aromatic heterocycles. The maximum absolute atomic E-state index is 12.7. The number of carbonyl (C=O) groups is 2. The lowest BCUT2D eigenvalue weighted by molar-refractivity contribution is -0.121. The lowest BCUT2D eigenvalue weighted by Crippen LogP contribution is -2.38. The summed E-state index contributed by atoms with van der Waals surface area (Å²) in [6.45, 7) is 2.73. The highest BCUT2D eigenvalue weighted by Crippen LogP contribution is 2.24. The molecule has 2 amide bonds. The third-order valence-corrected chi connectivity index (χ3v) is 4.28. The average molecular weight is 365 g/mol. The molecule has 0 aliphatic carbocycles. The van der Waals surface area contributed by atoms with E-state index in [2.05, 4.69) is 22.3 Å². The molecule has 1 N–H and O–H groups in total. The van der Waals surface area contributed by atoms with Crippen LogP contribution in [-0.2, 0) is 4.79 Å². The molecule has 0 aliphatic rings. The molecule has 0 fully saturated rings. The molecule has 140 valence electrons. The van der Waals surface area contributed by atoms with Crippen molar-refractivity contribution in [3.8, 4) is 11.1 Å². The lowest BCUT2D eigenvalue weighted by atomic mass is 10.0. The molecule has 0 saturated carbocycles. The second kappa shape index (κ2) is 8.44. The summed E-state index contributed by atoms with van der Waals surface area (Å²) >= 11 is 0. The summed E-state index contributed by atoms with van der Waals surface area (Å²) in [6.07, 6.45) is 7.21. The van der Waals surface area contributed by atoms with Gasteiger partial charge in [0, 0.05) is 37.1 Å². The van der Waals surface area contributed by atoms with Crippen LogP contribution in [-0.4, -0.2) is 51.4 Å². The van der Waals surface area contributed by atoms with Gasteiger partial charge in [-0.2, -0.15) is 5.10 Å². The number of unbranched alkanes of at least 4 members (excludes halogenated alkanes) is 1. The third-order valence-electron chi connectivity index (χ3n) is 4.28. The van der Waals surface area contributed by atoms with Gasteiger partial charge in [0.1, 0.15) is 0 Å². The predicted octanol–water partition coefficient (Wildman–Crippen LogP) is 2.38. The fraction of sp³-hybridized carbons (Fsp3) is 0.300. The van der Waals surface area contributed by atoms with Crippen LogP contribution in [0.2, 0.25) is 0 Å². The Morgan fingerprint density at radius 2 is 2.11 bits per heavy atom. The van der Waals surface area contributed by atoms with Crippen LogP contribution in [0.3, 0.4) is 0 Å². The first-order valence-electron chi connectivity index (χ1n) is 9.01. The summed E-state index contributed by atoms with van der Waals surface area (Å²) in [5.41, 5.74) is 2.96. The standard InChI is InChI=1S/C20H23N5O2/c1-3-4-9-21-18(26)14-24(2)20(27)16-8-5-7-15(12-16)17-13-23-25-11-6-10-22-19(17)25/h5-8,10-13H,3-4,9,14H2,1-2H3,(H,21,26). The minimum atomic E-state index is -0.202. The van der Waals surface area contributed by atoms with Gasteiger partial charge in [0.25, 0.3) is 5.91 Å². The van der Waals surface area contributed by atoms with Gasteiger partial charge in [0.05, 0.1) is 12.7 Å². The number of rotatable bonds is 7. The first kappa shape index (κ1) is 18.6. The van der Waals surface area contributed by atoms with Crippen LogP contribution in [0.1, 0.15) is 30.1 Å². The first-order chi connectivity index (χ1) is 13.1. The second-order valence-corrected chi connectivity index (χ2v) is 6.39. The summed E-state index contributed by atoms with van der Waals surface area (Å²) in [7, 11) is 1.63. The molecular weight excluding hydrogens is 342 g/mol. The van der Waals surface area contributed by atoms with Crippen molar-refractivity contribution in [1.82, 2.24) is 24.8 Å². The maximum atomic E-state index is 12.7. The van der Waals surface area contributed by atoms with Crippen molar-refractivity contribution in [2.24, 2.45) is 0 Å². The van der Waals surface area contributed by atoms with E-state index in [4.69, 9.17) is 0 Å². The monoisotopic (exact) mass is 365 g/mol. The Bertz CT molecular complexity index is 950. The highest BCUT2D eigenvalue weighted by molar-refractivity contribution is 5.97. The van der Waals surface area contributed by atoms with Crippen LogP contribution in [0.25, 0.3) is 16.8 Å². The topological polar surface area (TPSA) is 79.6 Å². The van der Waals surface area contributed by atoms with Gasteiger partial charge in [-0.25, -0.2) is 9.50 Å². The molecule has 27 heavy (non-hydrogen) atoms. The Morgan fingerprint density at radius 3 is 2.93 bits per heavy atom. The van der Waals surface area contributed by atoms with Gasteiger partial charge < -0.3 is 10.2 Å². The molecule has 0 atom stereocenters. The number of fused-ring (bicyclic) bond motifs is 1. The minimum absolute atomic E-state index is 0.0328. The van der Waals surface area contributed by atoms with E-state index in [1.54, 1.807) is 36.1 Å². The Morgan fingerprint density at radius 1 is 1.26 bits per heavy atom. The van der Waals surface area contributed by atoms with E-state index in [1.165, 1.54) is 4.90 Å². The summed E-state index contributed by atoms with van der Waals surface area (Å²) in [6, 6.07) is 9.10. The molecular formula is C20H23N5O2. The molecule has 3 rings (SSSR count). The highest BCUT2D eigenvalue weighted by atomic mass is 16.2. The predicted molar refractivity (Wildman–Crippen MR) is 103 cm³/mol. The first-order valence-corrected chi connectivity index (χ1v) is 9.01. The highest BCUT2D eigenvalue weighted by Gasteiger charge is 2.16. The number of benzene rings is 1. The normalized spacial score (nSPS) is 10.7. The zero-order chi connectivity index (χ0) is 19.2. The quantitative estimate of drug-likeness (QED) is 0.652. The smallest absolute Gasteiger partial charge is 0.254 e. The van der Waals surface area contributed by atoms with Gasteiger partial charge in [-0.05, 0) is 30.2 Å². The zero-order valence-corrected chi connectivity index (χ0v) is 15.6. The Hall–Kier alpha value is -3.22. The van der Waals surface area contributed by atoms with E-state index in [0.717, 1.165) is 29.6 Å². The maximum Gasteiger partial charge on any atom is 0.254 e. The Balaban J connectivity index is 1.75. The van der Waals surface area contributed by atoms with Crippen LogP contribution in [0.4, 0.5) is 0 Å². The molecule has 0 aliphatic heterocycles. The largest absolute Gasteiger partial charge is 0.355 e. The van der Waals surface area contributed by atoms with Gasteiger partial charge in [-0.1, -0.05) is 25.5 Å². The van der Waals surface area contributed by atoms with Crippen molar-refractivity contribution in [2.75, 3.05) is 20.1 Å². The molecule has 0 unspecified atom stereocenters. The van der Waals surface area contributed by atoms with E-state index < -0.39 is 0 Å². The molecule has 0 spiro atoms. The number of aromatic nitrogens is 3. The van der Waals surface area contributed by atoms with Gasteiger partial charge in [0.15, 0.2) is 5.65 Å². The molecule has 7 nitrogen and oxygen atoms in total. The zero-order valence-electron chi connectivity index (χ0n) is 15.6.